The zero-order valence-corrected chi connectivity index (χ0v) is 14.3. The third-order valence-electron chi connectivity index (χ3n) is 3.71. The topological polar surface area (TPSA) is 113 Å². The number of ether oxygens (including phenoxy) is 1. The standard InChI is InChI=1S/C15H20N2O6S/c1-3-16-24(21,22)11-5-4-10(2)12(8-11)14(18)17-6-7-23-13(9-17)15(19)20/h4-5,8,13,16H,3,6-7,9H2,1-2H3,(H,19,20). The number of hydrogen-bond donors (Lipinski definition) is 2. The zero-order valence-electron chi connectivity index (χ0n) is 13.5. The minimum atomic E-state index is -3.68. The Labute approximate surface area is 140 Å². The van der Waals surface area contributed by atoms with E-state index in [1.54, 1.807) is 19.9 Å². The summed E-state index contributed by atoms with van der Waals surface area (Å²) in [5, 5.41) is 9.02. The number of sulfonamides is 1. The van der Waals surface area contributed by atoms with Gasteiger partial charge in [0.15, 0.2) is 6.10 Å². The molecule has 2 rings (SSSR count). The Bertz CT molecular complexity index is 746. The highest BCUT2D eigenvalue weighted by molar-refractivity contribution is 7.89. The molecule has 0 radical (unpaired) electrons. The molecule has 1 heterocycles. The number of aliphatic carboxylic acids is 1. The summed E-state index contributed by atoms with van der Waals surface area (Å²) in [5.74, 6) is -1.54. The van der Waals surface area contributed by atoms with Gasteiger partial charge >= 0.3 is 5.97 Å². The molecular formula is C15H20N2O6S. The highest BCUT2D eigenvalue weighted by atomic mass is 32.2. The Balaban J connectivity index is 2.30. The highest BCUT2D eigenvalue weighted by Gasteiger charge is 2.30. The monoisotopic (exact) mass is 356 g/mol. The molecule has 0 aromatic heterocycles. The molecule has 0 bridgehead atoms. The summed E-state index contributed by atoms with van der Waals surface area (Å²) in [5.41, 5.74) is 0.855. The highest BCUT2D eigenvalue weighted by Crippen LogP contribution is 2.19. The van der Waals surface area contributed by atoms with E-state index in [0.717, 1.165) is 0 Å². The minimum absolute atomic E-state index is 0.00124. The lowest BCUT2D eigenvalue weighted by atomic mass is 10.1. The van der Waals surface area contributed by atoms with Crippen LogP contribution in [0.1, 0.15) is 22.8 Å². The molecular weight excluding hydrogens is 336 g/mol. The normalized spacial score (nSPS) is 18.4. The average Bonchev–Trinajstić information content (AvgIpc) is 2.54. The molecule has 1 atom stereocenters. The molecule has 132 valence electrons. The number of carboxylic acid groups (broad SMARTS) is 1. The van der Waals surface area contributed by atoms with Crippen molar-refractivity contribution in [3.05, 3.63) is 29.3 Å². The summed E-state index contributed by atoms with van der Waals surface area (Å²) >= 11 is 0. The molecule has 1 unspecified atom stereocenters. The van der Waals surface area contributed by atoms with Crippen molar-refractivity contribution >= 4 is 21.9 Å². The molecule has 1 amide bonds. The molecule has 1 saturated heterocycles. The smallest absolute Gasteiger partial charge is 0.334 e. The molecule has 1 aliphatic rings. The molecule has 0 aliphatic carbocycles. The fraction of sp³-hybridized carbons (Fsp3) is 0.467. The van der Waals surface area contributed by atoms with Crippen LogP contribution in [0.4, 0.5) is 0 Å². The first-order valence-electron chi connectivity index (χ1n) is 7.50. The predicted octanol–water partition coefficient (Wildman–Crippen LogP) is 0.219. The third-order valence-corrected chi connectivity index (χ3v) is 5.26. The Morgan fingerprint density at radius 1 is 1.42 bits per heavy atom. The molecule has 9 heteroatoms. The number of carbonyl (C=O) groups is 2. The van der Waals surface area contributed by atoms with E-state index in [2.05, 4.69) is 4.72 Å². The second-order valence-electron chi connectivity index (χ2n) is 5.43. The summed E-state index contributed by atoms with van der Waals surface area (Å²) < 4.78 is 31.7. The lowest BCUT2D eigenvalue weighted by Gasteiger charge is -2.31. The molecule has 1 aliphatic heterocycles. The summed E-state index contributed by atoms with van der Waals surface area (Å²) in [4.78, 5) is 25.1. The van der Waals surface area contributed by atoms with E-state index >= 15 is 0 Å². The number of nitrogens with zero attached hydrogens (tertiary/aromatic N) is 1. The molecule has 1 aromatic rings. The number of amides is 1. The van der Waals surface area contributed by atoms with Crippen LogP contribution in [0.15, 0.2) is 23.1 Å². The van der Waals surface area contributed by atoms with Gasteiger partial charge in [0.1, 0.15) is 0 Å². The second kappa shape index (κ2) is 7.29. The quantitative estimate of drug-likeness (QED) is 0.780. The number of rotatable bonds is 5. The first-order valence-corrected chi connectivity index (χ1v) is 8.98. The van der Waals surface area contributed by atoms with Crippen molar-refractivity contribution in [1.29, 1.82) is 0 Å². The van der Waals surface area contributed by atoms with E-state index in [1.165, 1.54) is 17.0 Å². The van der Waals surface area contributed by atoms with Crippen LogP contribution in [0.25, 0.3) is 0 Å². The van der Waals surface area contributed by atoms with Crippen molar-refractivity contribution < 1.29 is 27.9 Å². The van der Waals surface area contributed by atoms with Crippen LogP contribution in [-0.2, 0) is 19.6 Å². The zero-order chi connectivity index (χ0) is 17.9. The maximum Gasteiger partial charge on any atom is 0.334 e. The number of benzene rings is 1. The van der Waals surface area contributed by atoms with Gasteiger partial charge < -0.3 is 14.7 Å². The van der Waals surface area contributed by atoms with Gasteiger partial charge in [-0.15, -0.1) is 0 Å². The van der Waals surface area contributed by atoms with E-state index in [4.69, 9.17) is 9.84 Å². The predicted molar refractivity (Wildman–Crippen MR) is 85.3 cm³/mol. The molecule has 1 aromatic carbocycles. The molecule has 0 saturated carbocycles. The van der Waals surface area contributed by atoms with Gasteiger partial charge in [0, 0.05) is 18.7 Å². The van der Waals surface area contributed by atoms with Gasteiger partial charge in [0.25, 0.3) is 5.91 Å². The average molecular weight is 356 g/mol. The van der Waals surface area contributed by atoms with E-state index in [1.807, 2.05) is 0 Å². The van der Waals surface area contributed by atoms with Gasteiger partial charge in [-0.3, -0.25) is 4.79 Å². The van der Waals surface area contributed by atoms with E-state index in [-0.39, 0.29) is 36.7 Å². The Morgan fingerprint density at radius 2 is 2.12 bits per heavy atom. The Kier molecular flexibility index (Phi) is 5.58. The molecule has 8 nitrogen and oxygen atoms in total. The van der Waals surface area contributed by atoms with Crippen LogP contribution in [0.5, 0.6) is 0 Å². The summed E-state index contributed by atoms with van der Waals surface area (Å²) in [6, 6.07) is 4.32. The number of carbonyl (C=O) groups excluding carboxylic acids is 1. The van der Waals surface area contributed by atoms with Gasteiger partial charge in [-0.1, -0.05) is 13.0 Å². The van der Waals surface area contributed by atoms with Crippen LogP contribution in [0, 0.1) is 6.92 Å². The van der Waals surface area contributed by atoms with Gasteiger partial charge in [0.2, 0.25) is 10.0 Å². The van der Waals surface area contributed by atoms with Crippen LogP contribution in [0.2, 0.25) is 0 Å². The number of aryl methyl sites for hydroxylation is 1. The molecule has 1 fully saturated rings. The third kappa shape index (κ3) is 3.92. The van der Waals surface area contributed by atoms with Crippen molar-refractivity contribution in [1.82, 2.24) is 9.62 Å². The van der Waals surface area contributed by atoms with Crippen molar-refractivity contribution in [3.8, 4) is 0 Å². The number of morpholine rings is 1. The largest absolute Gasteiger partial charge is 0.479 e. The van der Waals surface area contributed by atoms with Crippen molar-refractivity contribution in [2.45, 2.75) is 24.8 Å². The van der Waals surface area contributed by atoms with Gasteiger partial charge in [-0.05, 0) is 24.6 Å². The van der Waals surface area contributed by atoms with E-state index in [0.29, 0.717) is 5.56 Å². The van der Waals surface area contributed by atoms with E-state index < -0.39 is 28.0 Å². The first kappa shape index (κ1) is 18.4. The molecule has 0 spiro atoms. The maximum atomic E-state index is 12.7. The maximum absolute atomic E-state index is 12.7. The van der Waals surface area contributed by atoms with Crippen LogP contribution in [-0.4, -0.2) is 62.6 Å². The number of hydrogen-bond acceptors (Lipinski definition) is 5. The molecule has 2 N–H and O–H groups in total. The lowest BCUT2D eigenvalue weighted by Crippen LogP contribution is -2.48. The van der Waals surface area contributed by atoms with Crippen molar-refractivity contribution in [3.63, 3.8) is 0 Å². The second-order valence-corrected chi connectivity index (χ2v) is 7.19. The van der Waals surface area contributed by atoms with E-state index in [9.17, 15) is 18.0 Å². The van der Waals surface area contributed by atoms with Crippen molar-refractivity contribution in [2.75, 3.05) is 26.2 Å². The van der Waals surface area contributed by atoms with Crippen LogP contribution >= 0.6 is 0 Å². The Hall–Kier alpha value is -1.97. The van der Waals surface area contributed by atoms with Crippen LogP contribution in [0.3, 0.4) is 0 Å². The fourth-order valence-electron chi connectivity index (χ4n) is 2.43. The van der Waals surface area contributed by atoms with Gasteiger partial charge in [-0.25, -0.2) is 17.9 Å². The number of nitrogens with one attached hydrogen (secondary N) is 1. The first-order chi connectivity index (χ1) is 11.3. The lowest BCUT2D eigenvalue weighted by molar-refractivity contribution is -0.154. The summed E-state index contributed by atoms with van der Waals surface area (Å²) in [6.45, 7) is 3.91. The minimum Gasteiger partial charge on any atom is -0.479 e. The van der Waals surface area contributed by atoms with Gasteiger partial charge in [-0.2, -0.15) is 0 Å². The summed E-state index contributed by atoms with van der Waals surface area (Å²) in [6.07, 6.45) is -1.07. The SMILES string of the molecule is CCNS(=O)(=O)c1ccc(C)c(C(=O)N2CCOC(C(=O)O)C2)c1. The number of carboxylic acids is 1. The van der Waals surface area contributed by atoms with Gasteiger partial charge in [0.05, 0.1) is 18.0 Å². The van der Waals surface area contributed by atoms with Crippen LogP contribution < -0.4 is 4.72 Å². The molecule has 24 heavy (non-hydrogen) atoms. The van der Waals surface area contributed by atoms with Crippen molar-refractivity contribution in [2.24, 2.45) is 0 Å². The summed E-state index contributed by atoms with van der Waals surface area (Å²) in [7, 11) is -3.68. The fourth-order valence-corrected chi connectivity index (χ4v) is 3.49. The Morgan fingerprint density at radius 3 is 2.75 bits per heavy atom.